The van der Waals surface area contributed by atoms with E-state index in [9.17, 15) is 26.4 Å². The van der Waals surface area contributed by atoms with Crippen LogP contribution in [0, 0.1) is 0 Å². The molecule has 0 aliphatic rings. The number of carbonyl (C=O) groups excluding carboxylic acids is 1. The zero-order valence-electron chi connectivity index (χ0n) is 13.0. The van der Waals surface area contributed by atoms with Crippen LogP contribution in [0.15, 0.2) is 53.4 Å². The van der Waals surface area contributed by atoms with Gasteiger partial charge in [0.1, 0.15) is 0 Å². The summed E-state index contributed by atoms with van der Waals surface area (Å²) in [6, 6.07) is 9.25. The molecule has 0 aliphatic carbocycles. The smallest absolute Gasteiger partial charge is 0.416 e. The van der Waals surface area contributed by atoms with Crippen LogP contribution in [-0.2, 0) is 27.5 Å². The molecule has 134 valence electrons. The minimum atomic E-state index is -4.53. The molecule has 2 aromatic rings. The monoisotopic (exact) mass is 373 g/mol. The van der Waals surface area contributed by atoms with E-state index in [0.29, 0.717) is 23.3 Å². The second kappa shape index (κ2) is 7.24. The van der Waals surface area contributed by atoms with Gasteiger partial charge >= 0.3 is 12.1 Å². The van der Waals surface area contributed by atoms with E-state index < -0.39 is 27.7 Å². The van der Waals surface area contributed by atoms with Crippen molar-refractivity contribution in [2.75, 3.05) is 7.11 Å². The molecule has 0 spiro atoms. The first-order chi connectivity index (χ1) is 11.6. The summed E-state index contributed by atoms with van der Waals surface area (Å²) in [4.78, 5) is 11.0. The zero-order chi connectivity index (χ0) is 18.7. The SMILES string of the molecule is COC(=O)c1ccc(CNS(=O)(=O)c2ccc(C(F)(F)F)cc2)cc1. The molecule has 0 radical (unpaired) electrons. The highest BCUT2D eigenvalue weighted by Crippen LogP contribution is 2.29. The van der Waals surface area contributed by atoms with Crippen molar-refractivity contribution in [1.29, 1.82) is 0 Å². The number of sulfonamides is 1. The summed E-state index contributed by atoms with van der Waals surface area (Å²) in [6.07, 6.45) is -4.53. The number of methoxy groups -OCH3 is 1. The minimum Gasteiger partial charge on any atom is -0.465 e. The van der Waals surface area contributed by atoms with Crippen LogP contribution in [-0.4, -0.2) is 21.5 Å². The van der Waals surface area contributed by atoms with E-state index in [4.69, 9.17) is 0 Å². The van der Waals surface area contributed by atoms with E-state index in [-0.39, 0.29) is 11.4 Å². The molecule has 0 atom stereocenters. The number of halogens is 3. The summed E-state index contributed by atoms with van der Waals surface area (Å²) < 4.78 is 68.6. The molecule has 0 saturated heterocycles. The third-order valence-electron chi connectivity index (χ3n) is 3.33. The van der Waals surface area contributed by atoms with Gasteiger partial charge in [-0.1, -0.05) is 12.1 Å². The first kappa shape index (κ1) is 18.9. The minimum absolute atomic E-state index is 0.0786. The van der Waals surface area contributed by atoms with Gasteiger partial charge in [-0.3, -0.25) is 0 Å². The number of rotatable bonds is 5. The van der Waals surface area contributed by atoms with Crippen molar-refractivity contribution in [2.45, 2.75) is 17.6 Å². The van der Waals surface area contributed by atoms with Gasteiger partial charge in [-0.15, -0.1) is 0 Å². The first-order valence-electron chi connectivity index (χ1n) is 6.97. The Morgan fingerprint density at radius 3 is 2.08 bits per heavy atom. The number of alkyl halides is 3. The van der Waals surface area contributed by atoms with Crippen LogP contribution in [0.4, 0.5) is 13.2 Å². The number of ether oxygens (including phenoxy) is 1. The van der Waals surface area contributed by atoms with Gasteiger partial charge in [0.15, 0.2) is 0 Å². The Balaban J connectivity index is 2.07. The summed E-state index contributed by atoms with van der Waals surface area (Å²) >= 11 is 0. The van der Waals surface area contributed by atoms with Crippen molar-refractivity contribution in [1.82, 2.24) is 4.72 Å². The summed E-state index contributed by atoms with van der Waals surface area (Å²) in [5, 5.41) is 0. The lowest BCUT2D eigenvalue weighted by molar-refractivity contribution is -0.137. The second-order valence-corrected chi connectivity index (χ2v) is 6.80. The standard InChI is InChI=1S/C16H14F3NO4S/c1-24-15(21)12-4-2-11(3-5-12)10-20-25(22,23)14-8-6-13(7-9-14)16(17,18)19/h2-9,20H,10H2,1H3. The summed E-state index contributed by atoms with van der Waals surface area (Å²) in [5.74, 6) is -0.517. The fourth-order valence-electron chi connectivity index (χ4n) is 1.96. The second-order valence-electron chi connectivity index (χ2n) is 5.04. The average molecular weight is 373 g/mol. The predicted molar refractivity (Wildman–Crippen MR) is 83.3 cm³/mol. The normalized spacial score (nSPS) is 12.0. The molecule has 1 N–H and O–H groups in total. The van der Waals surface area contributed by atoms with Crippen molar-refractivity contribution in [3.63, 3.8) is 0 Å². The summed E-state index contributed by atoms with van der Waals surface area (Å²) in [7, 11) is -2.72. The number of hydrogen-bond acceptors (Lipinski definition) is 4. The maximum absolute atomic E-state index is 12.5. The topological polar surface area (TPSA) is 72.5 Å². The first-order valence-corrected chi connectivity index (χ1v) is 8.46. The highest BCUT2D eigenvalue weighted by atomic mass is 32.2. The van der Waals surface area contributed by atoms with E-state index in [1.165, 1.54) is 19.2 Å². The summed E-state index contributed by atoms with van der Waals surface area (Å²) in [6.45, 7) is -0.0786. The van der Waals surface area contributed by atoms with Crippen molar-refractivity contribution < 1.29 is 31.1 Å². The molecule has 25 heavy (non-hydrogen) atoms. The largest absolute Gasteiger partial charge is 0.465 e. The molecule has 0 aromatic heterocycles. The van der Waals surface area contributed by atoms with E-state index in [2.05, 4.69) is 9.46 Å². The van der Waals surface area contributed by atoms with E-state index in [0.717, 1.165) is 12.1 Å². The maximum atomic E-state index is 12.5. The van der Waals surface area contributed by atoms with Crippen LogP contribution in [0.25, 0.3) is 0 Å². The Morgan fingerprint density at radius 2 is 1.60 bits per heavy atom. The van der Waals surface area contributed by atoms with E-state index >= 15 is 0 Å². The third-order valence-corrected chi connectivity index (χ3v) is 4.75. The Kier molecular flexibility index (Phi) is 5.48. The highest BCUT2D eigenvalue weighted by molar-refractivity contribution is 7.89. The van der Waals surface area contributed by atoms with Crippen molar-refractivity contribution >= 4 is 16.0 Å². The molecule has 0 aliphatic heterocycles. The lowest BCUT2D eigenvalue weighted by Crippen LogP contribution is -2.23. The van der Waals surface area contributed by atoms with Gasteiger partial charge in [0.25, 0.3) is 0 Å². The van der Waals surface area contributed by atoms with Gasteiger partial charge in [0.2, 0.25) is 10.0 Å². The molecule has 9 heteroatoms. The molecule has 0 bridgehead atoms. The Morgan fingerprint density at radius 1 is 1.04 bits per heavy atom. The molecule has 0 fully saturated rings. The number of hydrogen-bond donors (Lipinski definition) is 1. The molecule has 0 unspecified atom stereocenters. The average Bonchev–Trinajstić information content (AvgIpc) is 2.59. The highest BCUT2D eigenvalue weighted by Gasteiger charge is 2.30. The summed E-state index contributed by atoms with van der Waals surface area (Å²) in [5.41, 5.74) is -0.0372. The maximum Gasteiger partial charge on any atom is 0.416 e. The van der Waals surface area contributed by atoms with Crippen LogP contribution in [0.1, 0.15) is 21.5 Å². The van der Waals surface area contributed by atoms with Gasteiger partial charge in [0, 0.05) is 6.54 Å². The lowest BCUT2D eigenvalue weighted by atomic mass is 10.1. The quantitative estimate of drug-likeness (QED) is 0.818. The fraction of sp³-hybridized carbons (Fsp3) is 0.188. The predicted octanol–water partition coefficient (Wildman–Crippen LogP) is 2.97. The molecular formula is C16H14F3NO4S. The van der Waals surface area contributed by atoms with Crippen LogP contribution in [0.3, 0.4) is 0 Å². The number of esters is 1. The molecule has 0 saturated carbocycles. The molecule has 2 aromatic carbocycles. The molecule has 2 rings (SSSR count). The molecular weight excluding hydrogens is 359 g/mol. The van der Waals surface area contributed by atoms with E-state index in [1.54, 1.807) is 12.1 Å². The number of carbonyl (C=O) groups is 1. The van der Waals surface area contributed by atoms with E-state index in [1.807, 2.05) is 0 Å². The Labute approximate surface area is 142 Å². The number of nitrogens with one attached hydrogen (secondary N) is 1. The zero-order valence-corrected chi connectivity index (χ0v) is 13.8. The van der Waals surface area contributed by atoms with Crippen LogP contribution >= 0.6 is 0 Å². The molecule has 5 nitrogen and oxygen atoms in total. The van der Waals surface area contributed by atoms with Gasteiger partial charge in [-0.05, 0) is 42.0 Å². The van der Waals surface area contributed by atoms with Gasteiger partial charge in [0.05, 0.1) is 23.1 Å². The third kappa shape index (κ3) is 4.80. The van der Waals surface area contributed by atoms with Gasteiger partial charge in [-0.2, -0.15) is 13.2 Å². The van der Waals surface area contributed by atoms with Crippen LogP contribution in [0.2, 0.25) is 0 Å². The molecule has 0 amide bonds. The fourth-order valence-corrected chi connectivity index (χ4v) is 2.98. The van der Waals surface area contributed by atoms with Crippen molar-refractivity contribution in [2.24, 2.45) is 0 Å². The Hall–Kier alpha value is -2.39. The number of benzene rings is 2. The van der Waals surface area contributed by atoms with Crippen LogP contribution < -0.4 is 4.72 Å². The van der Waals surface area contributed by atoms with Crippen molar-refractivity contribution in [3.8, 4) is 0 Å². The molecule has 0 heterocycles. The van der Waals surface area contributed by atoms with Crippen molar-refractivity contribution in [3.05, 3.63) is 65.2 Å². The Bertz CT molecular complexity index is 844. The van der Waals surface area contributed by atoms with Gasteiger partial charge < -0.3 is 4.74 Å². The van der Waals surface area contributed by atoms with Gasteiger partial charge in [-0.25, -0.2) is 17.9 Å². The van der Waals surface area contributed by atoms with Crippen LogP contribution in [0.5, 0.6) is 0 Å². The lowest BCUT2D eigenvalue weighted by Gasteiger charge is -2.10.